The van der Waals surface area contributed by atoms with Gasteiger partial charge in [0.25, 0.3) is 0 Å². The molecule has 0 spiro atoms. The molecule has 2 aromatic carbocycles. The van der Waals surface area contributed by atoms with Crippen LogP contribution in [-0.2, 0) is 16.1 Å². The predicted molar refractivity (Wildman–Crippen MR) is 105 cm³/mol. The summed E-state index contributed by atoms with van der Waals surface area (Å²) in [4.78, 5) is 20.6. The highest BCUT2D eigenvalue weighted by molar-refractivity contribution is 6.27. The lowest BCUT2D eigenvalue weighted by molar-refractivity contribution is -0.159. The number of carboxylic acids is 2. The number of carboxylic acid groups (broad SMARTS) is 2. The van der Waals surface area contributed by atoms with Gasteiger partial charge in [-0.25, -0.2) is 18.4 Å². The van der Waals surface area contributed by atoms with Crippen LogP contribution in [0.4, 0.5) is 8.78 Å². The largest absolute Gasteiger partial charge is 0.473 e. The first kappa shape index (κ1) is 22.0. The number of allylic oxidation sites excluding steroid dienone is 1. The number of aliphatic carboxylic acids is 2. The van der Waals surface area contributed by atoms with Crippen molar-refractivity contribution in [1.82, 2.24) is 4.90 Å². The van der Waals surface area contributed by atoms with E-state index in [4.69, 9.17) is 19.8 Å². The first-order valence-corrected chi connectivity index (χ1v) is 8.89. The minimum Gasteiger partial charge on any atom is -0.473 e. The number of hydrogen-bond acceptors (Lipinski definition) is 3. The molecule has 2 aromatic rings. The average Bonchev–Trinajstić information content (AvgIpc) is 2.68. The summed E-state index contributed by atoms with van der Waals surface area (Å²) in [5, 5.41) is 14.8. The molecule has 0 saturated heterocycles. The van der Waals surface area contributed by atoms with Gasteiger partial charge in [-0.3, -0.25) is 4.90 Å². The van der Waals surface area contributed by atoms with Gasteiger partial charge in [0.15, 0.2) is 0 Å². The van der Waals surface area contributed by atoms with Gasteiger partial charge in [-0.1, -0.05) is 48.6 Å². The molecule has 3 rings (SSSR count). The maximum atomic E-state index is 13.2. The van der Waals surface area contributed by atoms with Gasteiger partial charge in [0, 0.05) is 25.7 Å². The third-order valence-electron chi connectivity index (χ3n) is 4.14. The Morgan fingerprint density at radius 1 is 0.966 bits per heavy atom. The molecule has 0 aliphatic carbocycles. The number of hydrogen-bond donors (Lipinski definition) is 2. The molecule has 0 fully saturated rings. The standard InChI is InChI=1S/C20H19F2N.C2H2O4/c21-19-12-18(13-20(22)14-19)7-6-16-8-10-23(11-9-16)15-17-4-2-1-3-5-17;3-1(4)2(5)6/h1-8,12-14H,9-11,15H2;(H,3,4)(H,5,6). The number of rotatable bonds is 4. The van der Waals surface area contributed by atoms with Crippen molar-refractivity contribution in [3.63, 3.8) is 0 Å². The first-order valence-electron chi connectivity index (χ1n) is 8.89. The normalized spacial score (nSPS) is 14.1. The second-order valence-corrected chi connectivity index (χ2v) is 6.40. The van der Waals surface area contributed by atoms with Crippen LogP contribution in [0.5, 0.6) is 0 Å². The zero-order chi connectivity index (χ0) is 21.2. The van der Waals surface area contributed by atoms with Gasteiger partial charge in [-0.15, -0.1) is 0 Å². The van der Waals surface area contributed by atoms with E-state index in [1.165, 1.54) is 23.3 Å². The van der Waals surface area contributed by atoms with Crippen molar-refractivity contribution in [3.05, 3.63) is 89.0 Å². The highest BCUT2D eigenvalue weighted by atomic mass is 19.1. The summed E-state index contributed by atoms with van der Waals surface area (Å²) in [6.07, 6.45) is 6.85. The van der Waals surface area contributed by atoms with E-state index in [1.807, 2.05) is 12.1 Å². The molecule has 2 N–H and O–H groups in total. The Balaban J connectivity index is 0.000000438. The van der Waals surface area contributed by atoms with Crippen LogP contribution in [0.1, 0.15) is 17.5 Å². The first-order chi connectivity index (χ1) is 13.8. The Hall–Kier alpha value is -3.32. The van der Waals surface area contributed by atoms with Crippen LogP contribution in [0.15, 0.2) is 66.3 Å². The Bertz CT molecular complexity index is 878. The third kappa shape index (κ3) is 8.06. The summed E-state index contributed by atoms with van der Waals surface area (Å²) in [6, 6.07) is 14.0. The Morgan fingerprint density at radius 2 is 1.59 bits per heavy atom. The zero-order valence-electron chi connectivity index (χ0n) is 15.6. The van der Waals surface area contributed by atoms with Crippen LogP contribution in [0, 0.1) is 11.6 Å². The lowest BCUT2D eigenvalue weighted by atomic mass is 10.1. The highest BCUT2D eigenvalue weighted by Gasteiger charge is 2.10. The fourth-order valence-electron chi connectivity index (χ4n) is 2.74. The van der Waals surface area contributed by atoms with Gasteiger partial charge in [-0.2, -0.15) is 0 Å². The molecule has 152 valence electrons. The molecular formula is C22H21F2NO4. The van der Waals surface area contributed by atoms with Crippen LogP contribution in [-0.4, -0.2) is 40.1 Å². The van der Waals surface area contributed by atoms with E-state index >= 15 is 0 Å². The molecular weight excluding hydrogens is 380 g/mol. The molecule has 0 unspecified atom stereocenters. The second kappa shape index (κ2) is 10.9. The van der Waals surface area contributed by atoms with Crippen LogP contribution >= 0.6 is 0 Å². The molecule has 1 aliphatic heterocycles. The Labute approximate surface area is 167 Å². The number of benzene rings is 2. The lowest BCUT2D eigenvalue weighted by Crippen LogP contribution is -2.27. The summed E-state index contributed by atoms with van der Waals surface area (Å²) in [6.45, 7) is 2.83. The van der Waals surface area contributed by atoms with Crippen molar-refractivity contribution >= 4 is 18.0 Å². The molecule has 0 atom stereocenters. The van der Waals surface area contributed by atoms with Crippen molar-refractivity contribution < 1.29 is 28.6 Å². The number of carbonyl (C=O) groups is 2. The molecule has 5 nitrogen and oxygen atoms in total. The van der Waals surface area contributed by atoms with Gasteiger partial charge in [0.2, 0.25) is 0 Å². The van der Waals surface area contributed by atoms with E-state index < -0.39 is 23.6 Å². The van der Waals surface area contributed by atoms with E-state index in [9.17, 15) is 8.78 Å². The average molecular weight is 401 g/mol. The van der Waals surface area contributed by atoms with E-state index in [1.54, 1.807) is 6.08 Å². The fourth-order valence-corrected chi connectivity index (χ4v) is 2.74. The smallest absolute Gasteiger partial charge is 0.414 e. The molecule has 0 amide bonds. The Kier molecular flexibility index (Phi) is 8.24. The fraction of sp³-hybridized carbons (Fsp3) is 0.182. The number of nitrogens with zero attached hydrogens (tertiary/aromatic N) is 1. The van der Waals surface area contributed by atoms with Crippen LogP contribution in [0.3, 0.4) is 0 Å². The maximum absolute atomic E-state index is 13.2. The van der Waals surface area contributed by atoms with Crippen molar-refractivity contribution in [2.24, 2.45) is 0 Å². The third-order valence-corrected chi connectivity index (χ3v) is 4.14. The van der Waals surface area contributed by atoms with Crippen molar-refractivity contribution in [2.45, 2.75) is 13.0 Å². The molecule has 7 heteroatoms. The van der Waals surface area contributed by atoms with Gasteiger partial charge in [-0.05, 0) is 35.3 Å². The Morgan fingerprint density at radius 3 is 2.10 bits per heavy atom. The summed E-state index contributed by atoms with van der Waals surface area (Å²) in [7, 11) is 0. The monoisotopic (exact) mass is 401 g/mol. The van der Waals surface area contributed by atoms with Crippen LogP contribution in [0.2, 0.25) is 0 Å². The summed E-state index contributed by atoms with van der Waals surface area (Å²) >= 11 is 0. The van der Waals surface area contributed by atoms with Crippen molar-refractivity contribution in [2.75, 3.05) is 13.1 Å². The van der Waals surface area contributed by atoms with Crippen molar-refractivity contribution in [1.29, 1.82) is 0 Å². The lowest BCUT2D eigenvalue weighted by Gasteiger charge is -2.25. The minimum absolute atomic E-state index is 0.545. The molecule has 0 bridgehead atoms. The number of halogens is 2. The quantitative estimate of drug-likeness (QED) is 0.758. The molecule has 1 heterocycles. The predicted octanol–water partition coefficient (Wildman–Crippen LogP) is 3.97. The van der Waals surface area contributed by atoms with Gasteiger partial charge in [0.1, 0.15) is 11.6 Å². The summed E-state index contributed by atoms with van der Waals surface area (Å²) in [5.74, 6) is -4.74. The molecule has 0 aromatic heterocycles. The molecule has 1 aliphatic rings. The van der Waals surface area contributed by atoms with E-state index in [0.29, 0.717) is 5.56 Å². The summed E-state index contributed by atoms with van der Waals surface area (Å²) < 4.78 is 26.3. The van der Waals surface area contributed by atoms with Crippen LogP contribution in [0.25, 0.3) is 6.08 Å². The van der Waals surface area contributed by atoms with Gasteiger partial charge >= 0.3 is 11.9 Å². The molecule has 0 saturated carbocycles. The van der Waals surface area contributed by atoms with Crippen molar-refractivity contribution in [3.8, 4) is 0 Å². The highest BCUT2D eigenvalue weighted by Crippen LogP contribution is 2.17. The SMILES string of the molecule is Fc1cc(F)cc(C=CC2=CCN(Cc3ccccc3)CC2)c1.O=C(O)C(=O)O. The summed E-state index contributed by atoms with van der Waals surface area (Å²) in [5.41, 5.74) is 3.07. The maximum Gasteiger partial charge on any atom is 0.414 e. The van der Waals surface area contributed by atoms with E-state index in [-0.39, 0.29) is 0 Å². The van der Waals surface area contributed by atoms with Gasteiger partial charge in [0.05, 0.1) is 0 Å². The molecule has 29 heavy (non-hydrogen) atoms. The van der Waals surface area contributed by atoms with Crippen LogP contribution < -0.4 is 0 Å². The molecule has 0 radical (unpaired) electrons. The van der Waals surface area contributed by atoms with E-state index in [2.05, 4.69) is 35.2 Å². The van der Waals surface area contributed by atoms with E-state index in [0.717, 1.165) is 32.1 Å². The zero-order valence-corrected chi connectivity index (χ0v) is 15.6. The second-order valence-electron chi connectivity index (χ2n) is 6.40. The minimum atomic E-state index is -1.82. The topological polar surface area (TPSA) is 77.8 Å². The van der Waals surface area contributed by atoms with Gasteiger partial charge < -0.3 is 10.2 Å².